The highest BCUT2D eigenvalue weighted by Gasteiger charge is 2.21. The summed E-state index contributed by atoms with van der Waals surface area (Å²) in [6.07, 6.45) is 45.3. The summed E-state index contributed by atoms with van der Waals surface area (Å²) in [7, 11) is 1.13. The second-order valence-electron chi connectivity index (χ2n) is 15.7. The van der Waals surface area contributed by atoms with Gasteiger partial charge in [0.15, 0.2) is 6.10 Å². The van der Waals surface area contributed by atoms with E-state index in [0.717, 1.165) is 70.6 Å². The number of carbonyl (C=O) groups excluding carboxylic acids is 2. The molecule has 0 aromatic rings. The van der Waals surface area contributed by atoms with E-state index >= 15 is 0 Å². The molecular weight excluding hydrogens is 725 g/mol. The summed E-state index contributed by atoms with van der Waals surface area (Å²) in [5, 5.41) is 0. The molecule has 0 fully saturated rings. The predicted octanol–water partition coefficient (Wildman–Crippen LogP) is 11.8. The maximum Gasteiger partial charge on any atom is 0.306 e. The average molecular weight is 808 g/mol. The molecule has 10 heteroatoms. The first-order valence-corrected chi connectivity index (χ1v) is 23.5. The molecule has 0 aromatic heterocycles. The molecule has 0 radical (unpaired) electrons. The third-order valence-corrected chi connectivity index (χ3v) is 9.96. The Bertz CT molecular complexity index is 1140. The fraction of sp³-hybridized carbons (Fsp3) is 0.739. The van der Waals surface area contributed by atoms with E-state index in [9.17, 15) is 19.0 Å². The van der Waals surface area contributed by atoms with Crippen LogP contribution in [-0.4, -0.2) is 70.0 Å². The number of likely N-dealkylation sites (N-methyl/N-ethyl adjacent to an activating group) is 1. The minimum absolute atomic E-state index is 0.0399. The number of carbonyl (C=O) groups is 2. The van der Waals surface area contributed by atoms with E-state index in [1.807, 2.05) is 21.1 Å². The number of nitrogens with zero attached hydrogens (tertiary/aromatic N) is 1. The highest BCUT2D eigenvalue weighted by Crippen LogP contribution is 2.38. The predicted molar refractivity (Wildman–Crippen MR) is 231 cm³/mol. The highest BCUT2D eigenvalue weighted by molar-refractivity contribution is 7.45. The number of hydrogen-bond acceptors (Lipinski definition) is 8. The Morgan fingerprint density at radius 1 is 0.554 bits per heavy atom. The van der Waals surface area contributed by atoms with Crippen LogP contribution >= 0.6 is 7.82 Å². The van der Waals surface area contributed by atoms with Crippen LogP contribution in [0.4, 0.5) is 0 Å². The summed E-state index contributed by atoms with van der Waals surface area (Å²) in [6, 6.07) is 0. The molecule has 0 spiro atoms. The minimum Gasteiger partial charge on any atom is -0.756 e. The van der Waals surface area contributed by atoms with Gasteiger partial charge < -0.3 is 27.9 Å². The molecule has 1 unspecified atom stereocenters. The van der Waals surface area contributed by atoms with Crippen LogP contribution in [0.5, 0.6) is 0 Å². The van der Waals surface area contributed by atoms with E-state index < -0.39 is 32.5 Å². The van der Waals surface area contributed by atoms with Gasteiger partial charge in [-0.25, -0.2) is 0 Å². The van der Waals surface area contributed by atoms with Crippen LogP contribution in [0, 0.1) is 0 Å². The van der Waals surface area contributed by atoms with Crippen molar-refractivity contribution in [3.63, 3.8) is 0 Å². The molecule has 0 aliphatic rings. The number of quaternary nitrogens is 1. The van der Waals surface area contributed by atoms with Crippen LogP contribution in [0.2, 0.25) is 0 Å². The monoisotopic (exact) mass is 808 g/mol. The van der Waals surface area contributed by atoms with Crippen LogP contribution in [0.25, 0.3) is 0 Å². The number of ether oxygens (including phenoxy) is 2. The Labute approximate surface area is 343 Å². The number of allylic oxidation sites excluding steroid dienone is 10. The Hall–Kier alpha value is -2.29. The van der Waals surface area contributed by atoms with Crippen LogP contribution in [0.15, 0.2) is 60.8 Å². The molecule has 9 nitrogen and oxygen atoms in total. The summed E-state index contributed by atoms with van der Waals surface area (Å²) in [4.78, 5) is 37.5. The van der Waals surface area contributed by atoms with Gasteiger partial charge in [-0.15, -0.1) is 0 Å². The number of esters is 2. The van der Waals surface area contributed by atoms with Crippen LogP contribution < -0.4 is 4.89 Å². The van der Waals surface area contributed by atoms with Crippen molar-refractivity contribution < 1.29 is 42.1 Å². The summed E-state index contributed by atoms with van der Waals surface area (Å²) in [6.45, 7) is 4.08. The minimum atomic E-state index is -4.64. The molecule has 2 atom stereocenters. The molecule has 0 saturated heterocycles. The number of rotatable bonds is 39. The zero-order valence-electron chi connectivity index (χ0n) is 36.3. The molecule has 0 aromatic carbocycles. The summed E-state index contributed by atoms with van der Waals surface area (Å²) >= 11 is 0. The number of phosphoric acid groups is 1. The highest BCUT2D eigenvalue weighted by atomic mass is 31.2. The molecule has 0 aliphatic heterocycles. The van der Waals surface area contributed by atoms with Gasteiger partial charge in [-0.2, -0.15) is 0 Å². The van der Waals surface area contributed by atoms with E-state index in [-0.39, 0.29) is 26.1 Å². The first-order valence-electron chi connectivity index (χ1n) is 22.0. The average Bonchev–Trinajstić information content (AvgIpc) is 3.15. The quantitative estimate of drug-likeness (QED) is 0.0198. The van der Waals surface area contributed by atoms with Gasteiger partial charge in [-0.3, -0.25) is 14.2 Å². The second-order valence-corrected chi connectivity index (χ2v) is 17.1. The zero-order chi connectivity index (χ0) is 41.4. The largest absolute Gasteiger partial charge is 0.756 e. The fourth-order valence-corrected chi connectivity index (χ4v) is 6.24. The van der Waals surface area contributed by atoms with Crippen molar-refractivity contribution >= 4 is 19.8 Å². The Balaban J connectivity index is 4.43. The first kappa shape index (κ1) is 53.7. The van der Waals surface area contributed by atoms with Crippen molar-refractivity contribution in [1.29, 1.82) is 0 Å². The lowest BCUT2D eigenvalue weighted by Gasteiger charge is -2.28. The molecule has 56 heavy (non-hydrogen) atoms. The van der Waals surface area contributed by atoms with Crippen LogP contribution in [-0.2, 0) is 32.7 Å². The number of unbranched alkanes of at least 4 members (excludes halogenated alkanes) is 15. The number of phosphoric ester groups is 1. The van der Waals surface area contributed by atoms with Crippen molar-refractivity contribution in [1.82, 2.24) is 0 Å². The maximum absolute atomic E-state index is 12.7. The van der Waals surface area contributed by atoms with Gasteiger partial charge in [-0.05, 0) is 70.6 Å². The van der Waals surface area contributed by atoms with Crippen LogP contribution in [0.3, 0.4) is 0 Å². The van der Waals surface area contributed by atoms with Gasteiger partial charge in [0.25, 0.3) is 7.82 Å². The molecule has 0 rings (SSSR count). The van der Waals surface area contributed by atoms with Crippen molar-refractivity contribution in [3.8, 4) is 0 Å². The van der Waals surface area contributed by atoms with Crippen molar-refractivity contribution in [2.45, 2.75) is 174 Å². The van der Waals surface area contributed by atoms with Crippen molar-refractivity contribution in [3.05, 3.63) is 60.8 Å². The third kappa shape index (κ3) is 41.3. The standard InChI is InChI=1S/C46H82NO8P/c1-6-8-10-12-14-16-18-20-22-23-25-27-29-31-33-35-37-39-46(49)55-44(43-54-56(50,51)53-41-40-47(3,4)5)42-52-45(48)38-36-34-32-30-28-26-24-21-19-17-15-13-11-9-7-2/h10,12-13,15-16,18,22-23,27,29,44H,6-9,11,14,17,19-21,24-26,28,30-43H2,1-5H3/b12-10+,15-13+,18-16+,23-22+,29-27+/t44-/m1/s1. The van der Waals surface area contributed by atoms with Crippen LogP contribution in [0.1, 0.15) is 168 Å². The number of hydrogen-bond donors (Lipinski definition) is 0. The van der Waals surface area contributed by atoms with Crippen molar-refractivity contribution in [2.75, 3.05) is 47.5 Å². The molecule has 0 heterocycles. The van der Waals surface area contributed by atoms with E-state index in [4.69, 9.17) is 18.5 Å². The third-order valence-electron chi connectivity index (χ3n) is 8.99. The molecule has 0 bridgehead atoms. The topological polar surface area (TPSA) is 111 Å². The van der Waals surface area contributed by atoms with E-state index in [2.05, 4.69) is 74.6 Å². The van der Waals surface area contributed by atoms with E-state index in [1.165, 1.54) is 64.2 Å². The molecule has 0 aliphatic carbocycles. The zero-order valence-corrected chi connectivity index (χ0v) is 37.2. The molecule has 0 amide bonds. The van der Waals surface area contributed by atoms with Gasteiger partial charge in [0.2, 0.25) is 0 Å². The fourth-order valence-electron chi connectivity index (χ4n) is 5.51. The van der Waals surface area contributed by atoms with Gasteiger partial charge in [-0.1, -0.05) is 145 Å². The molecule has 0 saturated carbocycles. The Kier molecular flexibility index (Phi) is 36.7. The smallest absolute Gasteiger partial charge is 0.306 e. The van der Waals surface area contributed by atoms with Crippen molar-refractivity contribution in [2.24, 2.45) is 0 Å². The first-order chi connectivity index (χ1) is 27.0. The van der Waals surface area contributed by atoms with Gasteiger partial charge in [0, 0.05) is 12.8 Å². The Morgan fingerprint density at radius 2 is 1.00 bits per heavy atom. The lowest BCUT2D eigenvalue weighted by molar-refractivity contribution is -0.870. The Morgan fingerprint density at radius 3 is 1.54 bits per heavy atom. The maximum atomic E-state index is 12.7. The summed E-state index contributed by atoms with van der Waals surface area (Å²) in [5.41, 5.74) is 0. The van der Waals surface area contributed by atoms with Gasteiger partial charge in [0.05, 0.1) is 27.7 Å². The molecular formula is C46H82NO8P. The van der Waals surface area contributed by atoms with Gasteiger partial charge >= 0.3 is 11.9 Å². The SMILES string of the molecule is CCC/C=C/C/C=C/C/C=C/C/C=C/CCCCCC(=O)O[C@H](COC(=O)CCCCCCCCCCC/C=C/CCCC)COP(=O)([O-])OCC[N+](C)(C)C. The second kappa shape index (κ2) is 38.2. The molecule has 324 valence electrons. The van der Waals surface area contributed by atoms with E-state index in [1.54, 1.807) is 0 Å². The van der Waals surface area contributed by atoms with E-state index in [0.29, 0.717) is 17.4 Å². The lowest BCUT2D eigenvalue weighted by atomic mass is 10.1. The molecule has 0 N–H and O–H groups in total. The summed E-state index contributed by atoms with van der Waals surface area (Å²) < 4.78 is 33.9. The van der Waals surface area contributed by atoms with Gasteiger partial charge in [0.1, 0.15) is 19.8 Å². The normalized spacial score (nSPS) is 14.2. The summed E-state index contributed by atoms with van der Waals surface area (Å²) in [5.74, 6) is -0.877. The lowest BCUT2D eigenvalue weighted by Crippen LogP contribution is -2.37.